The van der Waals surface area contributed by atoms with Gasteiger partial charge in [-0.25, -0.2) is 0 Å². The molecule has 0 atom stereocenters. The van der Waals surface area contributed by atoms with Gasteiger partial charge in [-0.2, -0.15) is 0 Å². The summed E-state index contributed by atoms with van der Waals surface area (Å²) in [7, 11) is 0. The van der Waals surface area contributed by atoms with Crippen LogP contribution < -0.4 is 14.7 Å². The third-order valence-corrected chi connectivity index (χ3v) is 15.9. The standard InChI is InChI=1S/C73H49N3/c1-4-24-56(25-5-1)74(59-35-32-50-18-10-13-21-53(50)44-59)62-40-43-70-68(47-62)65-30-16-17-31-69(65)73(70)71-48-63(75(57-26-6-2-7-27-57)60-36-33-51-19-11-14-22-54(51)45-60)38-41-66(71)67-42-39-64(49-72(67)73)76(58-28-8-3-9-29-58)61-37-34-52-20-12-15-23-55(52)46-61/h1-49H. The van der Waals surface area contributed by atoms with Crippen LogP contribution in [0.25, 0.3) is 54.6 Å². The molecule has 0 amide bonds. The number of fused-ring (bicyclic) bond motifs is 13. The topological polar surface area (TPSA) is 9.72 Å². The molecule has 3 heteroatoms. The Balaban J connectivity index is 0.988. The Kier molecular flexibility index (Phi) is 10.1. The summed E-state index contributed by atoms with van der Waals surface area (Å²) in [6.07, 6.45) is 0. The Morgan fingerprint density at radius 1 is 0.171 bits per heavy atom. The Morgan fingerprint density at radius 3 is 0.908 bits per heavy atom. The van der Waals surface area contributed by atoms with E-state index < -0.39 is 5.41 Å². The number of rotatable bonds is 9. The van der Waals surface area contributed by atoms with Crippen molar-refractivity contribution in [2.24, 2.45) is 0 Å². The van der Waals surface area contributed by atoms with Gasteiger partial charge >= 0.3 is 0 Å². The molecular formula is C73H49N3. The molecule has 3 nitrogen and oxygen atoms in total. The Hall–Kier alpha value is -9.96. The molecule has 0 fully saturated rings. The number of hydrogen-bond donors (Lipinski definition) is 0. The van der Waals surface area contributed by atoms with Crippen LogP contribution in [0.15, 0.2) is 297 Å². The van der Waals surface area contributed by atoms with E-state index in [0.717, 1.165) is 51.2 Å². The number of para-hydroxylation sites is 3. The van der Waals surface area contributed by atoms with Gasteiger partial charge < -0.3 is 14.7 Å². The molecule has 0 N–H and O–H groups in total. The normalized spacial score (nSPS) is 12.6. The smallest absolute Gasteiger partial charge is 0.0727 e. The Bertz CT molecular complexity index is 4200. The van der Waals surface area contributed by atoms with Crippen molar-refractivity contribution in [3.63, 3.8) is 0 Å². The minimum Gasteiger partial charge on any atom is -0.310 e. The van der Waals surface area contributed by atoms with Crippen molar-refractivity contribution >= 4 is 83.5 Å². The number of hydrogen-bond acceptors (Lipinski definition) is 3. The van der Waals surface area contributed by atoms with Crippen molar-refractivity contribution < 1.29 is 0 Å². The third-order valence-electron chi connectivity index (χ3n) is 15.9. The fourth-order valence-electron chi connectivity index (χ4n) is 12.6. The first kappa shape index (κ1) is 43.6. The molecule has 0 saturated heterocycles. The lowest BCUT2D eigenvalue weighted by Gasteiger charge is -2.33. The molecule has 76 heavy (non-hydrogen) atoms. The largest absolute Gasteiger partial charge is 0.310 e. The SMILES string of the molecule is c1ccc(N(c2ccc3c(c2)-c2ccccc2C32c3cc(N(c4ccccc4)c4ccc5ccccc5c4)ccc3-c3ccc(N(c4ccccc4)c4ccc5ccccc5c4)cc32)c2ccc3ccccc3c2)cc1. The molecule has 0 aromatic heterocycles. The minimum atomic E-state index is -0.681. The fourth-order valence-corrected chi connectivity index (χ4v) is 12.6. The molecule has 0 aliphatic heterocycles. The van der Waals surface area contributed by atoms with E-state index in [1.807, 2.05) is 0 Å². The maximum atomic E-state index is 2.50. The molecule has 0 unspecified atom stereocenters. The molecule has 0 bridgehead atoms. The first-order valence-corrected chi connectivity index (χ1v) is 26.2. The second kappa shape index (κ2) is 17.6. The summed E-state index contributed by atoms with van der Waals surface area (Å²) in [5.41, 5.74) is 19.3. The van der Waals surface area contributed by atoms with Crippen LogP contribution >= 0.6 is 0 Å². The van der Waals surface area contributed by atoms with E-state index in [9.17, 15) is 0 Å². The van der Waals surface area contributed by atoms with Crippen LogP contribution in [0.4, 0.5) is 51.2 Å². The highest BCUT2D eigenvalue weighted by atomic mass is 15.2. The fraction of sp³-hybridized carbons (Fsp3) is 0.0137. The van der Waals surface area contributed by atoms with Crippen molar-refractivity contribution in [1.82, 2.24) is 0 Å². The van der Waals surface area contributed by atoms with Crippen molar-refractivity contribution in [2.75, 3.05) is 14.7 Å². The lowest BCUT2D eigenvalue weighted by atomic mass is 9.70. The molecule has 2 aliphatic rings. The van der Waals surface area contributed by atoms with Gasteiger partial charge in [-0.3, -0.25) is 0 Å². The average molecular weight is 968 g/mol. The Labute approximate surface area is 443 Å². The molecule has 1 spiro atoms. The lowest BCUT2D eigenvalue weighted by Crippen LogP contribution is -2.26. The predicted molar refractivity (Wildman–Crippen MR) is 319 cm³/mol. The van der Waals surface area contributed by atoms with Crippen molar-refractivity contribution in [3.8, 4) is 22.3 Å². The molecule has 13 aromatic rings. The van der Waals surface area contributed by atoms with Crippen LogP contribution in [-0.4, -0.2) is 0 Å². The summed E-state index contributed by atoms with van der Waals surface area (Å²) in [6, 6.07) is 110. The lowest BCUT2D eigenvalue weighted by molar-refractivity contribution is 0.793. The van der Waals surface area contributed by atoms with Gasteiger partial charge in [-0.15, -0.1) is 0 Å². The van der Waals surface area contributed by atoms with Crippen molar-refractivity contribution in [2.45, 2.75) is 5.41 Å². The van der Waals surface area contributed by atoms with Crippen LogP contribution in [0, 0.1) is 0 Å². The van der Waals surface area contributed by atoms with Crippen molar-refractivity contribution in [1.29, 1.82) is 0 Å². The maximum absolute atomic E-state index is 2.50. The van der Waals surface area contributed by atoms with E-state index >= 15 is 0 Å². The zero-order chi connectivity index (χ0) is 50.2. The molecule has 356 valence electrons. The van der Waals surface area contributed by atoms with Gasteiger partial charge in [0.05, 0.1) is 5.41 Å². The number of nitrogens with zero attached hydrogens (tertiary/aromatic N) is 3. The van der Waals surface area contributed by atoms with Crippen LogP contribution in [-0.2, 0) is 5.41 Å². The van der Waals surface area contributed by atoms with Gasteiger partial charge in [0.15, 0.2) is 0 Å². The van der Waals surface area contributed by atoms with Crippen LogP contribution in [0.1, 0.15) is 22.3 Å². The summed E-state index contributed by atoms with van der Waals surface area (Å²) in [4.78, 5) is 7.27. The van der Waals surface area contributed by atoms with E-state index in [1.165, 1.54) is 76.8 Å². The van der Waals surface area contributed by atoms with E-state index in [2.05, 4.69) is 312 Å². The van der Waals surface area contributed by atoms with Gasteiger partial charge in [-0.05, 0) is 186 Å². The van der Waals surface area contributed by atoms with Gasteiger partial charge in [0.1, 0.15) is 0 Å². The predicted octanol–water partition coefficient (Wildman–Crippen LogP) is 19.9. The van der Waals surface area contributed by atoms with Gasteiger partial charge in [0.2, 0.25) is 0 Å². The summed E-state index contributed by atoms with van der Waals surface area (Å²) < 4.78 is 0. The van der Waals surface area contributed by atoms with E-state index in [1.54, 1.807) is 0 Å². The average Bonchev–Trinajstić information content (AvgIpc) is 3.98. The molecular weight excluding hydrogens is 919 g/mol. The molecule has 13 aromatic carbocycles. The quantitative estimate of drug-likeness (QED) is 0.143. The first-order chi connectivity index (χ1) is 37.7. The zero-order valence-electron chi connectivity index (χ0n) is 41.6. The molecule has 0 saturated carbocycles. The summed E-state index contributed by atoms with van der Waals surface area (Å²) >= 11 is 0. The van der Waals surface area contributed by atoms with E-state index in [0.29, 0.717) is 0 Å². The minimum absolute atomic E-state index is 0.681. The monoisotopic (exact) mass is 967 g/mol. The second-order valence-corrected chi connectivity index (χ2v) is 20.1. The van der Waals surface area contributed by atoms with Crippen molar-refractivity contribution in [3.05, 3.63) is 320 Å². The third kappa shape index (κ3) is 6.90. The van der Waals surface area contributed by atoms with Crippen LogP contribution in [0.2, 0.25) is 0 Å². The van der Waals surface area contributed by atoms with Gasteiger partial charge in [-0.1, -0.05) is 188 Å². The molecule has 15 rings (SSSR count). The van der Waals surface area contributed by atoms with E-state index in [4.69, 9.17) is 0 Å². The number of benzene rings is 13. The summed E-state index contributed by atoms with van der Waals surface area (Å²) in [5, 5.41) is 7.28. The highest BCUT2D eigenvalue weighted by molar-refractivity contribution is 6.00. The van der Waals surface area contributed by atoms with Gasteiger partial charge in [0, 0.05) is 51.2 Å². The maximum Gasteiger partial charge on any atom is 0.0727 e. The van der Waals surface area contributed by atoms with Crippen LogP contribution in [0.3, 0.4) is 0 Å². The second-order valence-electron chi connectivity index (χ2n) is 20.1. The van der Waals surface area contributed by atoms with E-state index in [-0.39, 0.29) is 0 Å². The van der Waals surface area contributed by atoms with Crippen LogP contribution in [0.5, 0.6) is 0 Å². The highest BCUT2D eigenvalue weighted by Crippen LogP contribution is 2.65. The zero-order valence-corrected chi connectivity index (χ0v) is 41.6. The summed E-state index contributed by atoms with van der Waals surface area (Å²) in [6.45, 7) is 0. The molecule has 0 radical (unpaired) electrons. The summed E-state index contributed by atoms with van der Waals surface area (Å²) in [5.74, 6) is 0. The molecule has 0 heterocycles. The van der Waals surface area contributed by atoms with Gasteiger partial charge in [0.25, 0.3) is 0 Å². The highest BCUT2D eigenvalue weighted by Gasteiger charge is 2.52. The Morgan fingerprint density at radius 2 is 0.474 bits per heavy atom. The number of anilines is 9. The molecule has 2 aliphatic carbocycles. The first-order valence-electron chi connectivity index (χ1n) is 26.2.